The Morgan fingerprint density at radius 3 is 2.19 bits per heavy atom. The molecule has 0 atom stereocenters. The Morgan fingerprint density at radius 2 is 1.40 bits per heavy atom. The van der Waals surface area contributed by atoms with E-state index in [0.717, 1.165) is 55.5 Å². The van der Waals surface area contributed by atoms with Crippen molar-refractivity contribution in [3.05, 3.63) is 125 Å². The number of H-pyrrole nitrogens is 1. The maximum absolute atomic E-state index is 12.9. The zero-order chi connectivity index (χ0) is 29.0. The third kappa shape index (κ3) is 4.20. The number of hydrogen-bond donors (Lipinski definition) is 1. The lowest BCUT2D eigenvalue weighted by Gasteiger charge is -2.22. The second-order valence-corrected chi connectivity index (χ2v) is 11.6. The molecule has 206 valence electrons. The topological polar surface area (TPSA) is 63.6 Å². The molecular weight excluding hydrogens is 516 g/mol. The van der Waals surface area contributed by atoms with Gasteiger partial charge < -0.3 is 4.98 Å². The van der Waals surface area contributed by atoms with Crippen molar-refractivity contribution >= 4 is 32.4 Å². The van der Waals surface area contributed by atoms with Gasteiger partial charge in [0.2, 0.25) is 0 Å². The summed E-state index contributed by atoms with van der Waals surface area (Å²) < 4.78 is 2.25. The molecule has 0 unspecified atom stereocenters. The number of aromatic nitrogens is 4. The van der Waals surface area contributed by atoms with Gasteiger partial charge in [-0.3, -0.25) is 14.3 Å². The summed E-state index contributed by atoms with van der Waals surface area (Å²) in [4.78, 5) is 26.5. The summed E-state index contributed by atoms with van der Waals surface area (Å²) in [7, 11) is 0. The molecule has 5 nitrogen and oxygen atoms in total. The molecule has 0 amide bonds. The van der Waals surface area contributed by atoms with Gasteiger partial charge in [0.25, 0.3) is 0 Å². The fourth-order valence-corrected chi connectivity index (χ4v) is 6.09. The van der Waals surface area contributed by atoms with Gasteiger partial charge >= 0.3 is 0 Å². The molecule has 1 N–H and O–H groups in total. The Balaban J connectivity index is 1.55. The lowest BCUT2D eigenvalue weighted by atomic mass is 9.92. The number of para-hydroxylation sites is 1. The number of aromatic amines is 1. The first kappa shape index (κ1) is 25.9. The van der Waals surface area contributed by atoms with Gasteiger partial charge in [-0.1, -0.05) is 100 Å². The van der Waals surface area contributed by atoms with Crippen LogP contribution in [0.1, 0.15) is 50.7 Å². The minimum Gasteiger partial charge on any atom is -0.353 e. The van der Waals surface area contributed by atoms with Gasteiger partial charge in [-0.15, -0.1) is 0 Å². The van der Waals surface area contributed by atoms with E-state index in [2.05, 4.69) is 103 Å². The zero-order valence-corrected chi connectivity index (χ0v) is 24.2. The van der Waals surface area contributed by atoms with Crippen LogP contribution in [-0.2, 0) is 0 Å². The smallest absolute Gasteiger partial charge is 0.188 e. The highest BCUT2D eigenvalue weighted by Crippen LogP contribution is 2.37. The Hall–Kier alpha value is -5.03. The van der Waals surface area contributed by atoms with E-state index in [-0.39, 0.29) is 5.43 Å². The molecule has 0 spiro atoms. The second kappa shape index (κ2) is 10.1. The molecule has 3 heterocycles. The molecule has 0 aliphatic heterocycles. The summed E-state index contributed by atoms with van der Waals surface area (Å²) in [5.74, 6) is 1.47. The highest BCUT2D eigenvalue weighted by molar-refractivity contribution is 6.05. The van der Waals surface area contributed by atoms with Gasteiger partial charge in [0, 0.05) is 29.5 Å². The van der Waals surface area contributed by atoms with Crippen molar-refractivity contribution in [1.82, 2.24) is 19.5 Å². The predicted molar refractivity (Wildman–Crippen MR) is 174 cm³/mol. The molecule has 0 aliphatic rings. The number of fused-ring (bicyclic) bond motifs is 4. The van der Waals surface area contributed by atoms with Crippen LogP contribution >= 0.6 is 0 Å². The first-order valence-electron chi connectivity index (χ1n) is 14.5. The van der Waals surface area contributed by atoms with Gasteiger partial charge in [-0.05, 0) is 51.3 Å². The van der Waals surface area contributed by atoms with Crippen LogP contribution in [0.25, 0.3) is 60.9 Å². The van der Waals surface area contributed by atoms with Gasteiger partial charge in [0.15, 0.2) is 5.43 Å². The summed E-state index contributed by atoms with van der Waals surface area (Å²) in [6, 6.07) is 28.5. The van der Waals surface area contributed by atoms with Crippen LogP contribution < -0.4 is 5.43 Å². The van der Waals surface area contributed by atoms with Crippen LogP contribution in [0.4, 0.5) is 0 Å². The van der Waals surface area contributed by atoms with Crippen molar-refractivity contribution in [3.63, 3.8) is 0 Å². The maximum atomic E-state index is 12.9. The lowest BCUT2D eigenvalue weighted by molar-refractivity contribution is 0.807. The minimum absolute atomic E-state index is 0.00647. The van der Waals surface area contributed by atoms with Crippen LogP contribution in [0.15, 0.2) is 108 Å². The fourth-order valence-electron chi connectivity index (χ4n) is 6.09. The van der Waals surface area contributed by atoms with Crippen LogP contribution in [0.3, 0.4) is 0 Å². The van der Waals surface area contributed by atoms with Crippen molar-refractivity contribution in [2.45, 2.75) is 39.5 Å². The third-order valence-corrected chi connectivity index (χ3v) is 8.20. The van der Waals surface area contributed by atoms with Crippen molar-refractivity contribution in [3.8, 4) is 28.5 Å². The number of pyridine rings is 2. The van der Waals surface area contributed by atoms with E-state index < -0.39 is 0 Å². The molecule has 0 fully saturated rings. The lowest BCUT2D eigenvalue weighted by Crippen LogP contribution is -2.08. The quantitative estimate of drug-likeness (QED) is 0.218. The summed E-state index contributed by atoms with van der Waals surface area (Å²) in [6.07, 6.45) is 5.95. The number of imidazole rings is 1. The number of hydrogen-bond acceptors (Lipinski definition) is 3. The molecule has 0 radical (unpaired) electrons. The minimum atomic E-state index is 0.00647. The highest BCUT2D eigenvalue weighted by atomic mass is 16.1. The Labute approximate surface area is 244 Å². The van der Waals surface area contributed by atoms with E-state index >= 15 is 0 Å². The number of benzene rings is 4. The van der Waals surface area contributed by atoms with E-state index in [4.69, 9.17) is 4.98 Å². The SMILES string of the molecule is CC(C)c1cccc(C(C)C)c1-n1cc(-c2ccc3ccc4cccc(=O)c4c3[nH]2)nc1-c1cncc2ccccc12. The zero-order valence-electron chi connectivity index (χ0n) is 24.2. The fraction of sp³-hybridized carbons (Fsp3) is 0.162. The monoisotopic (exact) mass is 548 g/mol. The first-order valence-corrected chi connectivity index (χ1v) is 14.5. The summed E-state index contributed by atoms with van der Waals surface area (Å²) in [6.45, 7) is 8.95. The summed E-state index contributed by atoms with van der Waals surface area (Å²) in [5.41, 5.74) is 7.15. The number of nitrogens with one attached hydrogen (secondary N) is 1. The van der Waals surface area contributed by atoms with Crippen LogP contribution in [-0.4, -0.2) is 19.5 Å². The largest absolute Gasteiger partial charge is 0.353 e. The maximum Gasteiger partial charge on any atom is 0.188 e. The molecule has 5 heteroatoms. The van der Waals surface area contributed by atoms with Crippen LogP contribution in [0, 0.1) is 0 Å². The molecule has 0 bridgehead atoms. The molecule has 0 aliphatic carbocycles. The average Bonchev–Trinajstić information content (AvgIpc) is 3.45. The molecule has 0 saturated carbocycles. The van der Waals surface area contributed by atoms with Gasteiger partial charge in [-0.2, -0.15) is 0 Å². The highest BCUT2D eigenvalue weighted by Gasteiger charge is 2.22. The number of rotatable bonds is 5. The van der Waals surface area contributed by atoms with Crippen molar-refractivity contribution < 1.29 is 0 Å². The van der Waals surface area contributed by atoms with Crippen molar-refractivity contribution in [2.24, 2.45) is 0 Å². The Bertz CT molecular complexity index is 2150. The molecule has 7 aromatic rings. The van der Waals surface area contributed by atoms with E-state index in [1.807, 2.05) is 36.7 Å². The third-order valence-electron chi connectivity index (χ3n) is 8.20. The van der Waals surface area contributed by atoms with E-state index in [1.54, 1.807) is 6.07 Å². The van der Waals surface area contributed by atoms with E-state index in [9.17, 15) is 4.79 Å². The van der Waals surface area contributed by atoms with E-state index in [0.29, 0.717) is 17.2 Å². The van der Waals surface area contributed by atoms with Gasteiger partial charge in [-0.25, -0.2) is 4.98 Å². The van der Waals surface area contributed by atoms with Gasteiger partial charge in [0.05, 0.1) is 22.3 Å². The van der Waals surface area contributed by atoms with Crippen molar-refractivity contribution in [2.75, 3.05) is 0 Å². The van der Waals surface area contributed by atoms with Crippen LogP contribution in [0.5, 0.6) is 0 Å². The number of nitrogens with zero attached hydrogens (tertiary/aromatic N) is 3. The molecule has 0 saturated heterocycles. The molecule has 4 aromatic carbocycles. The molecule has 42 heavy (non-hydrogen) atoms. The Kier molecular flexibility index (Phi) is 6.23. The normalized spacial score (nSPS) is 11.9. The van der Waals surface area contributed by atoms with Gasteiger partial charge in [0.1, 0.15) is 11.5 Å². The average molecular weight is 549 g/mol. The molecule has 3 aromatic heterocycles. The summed E-state index contributed by atoms with van der Waals surface area (Å²) >= 11 is 0. The molecular formula is C37H32N4O. The van der Waals surface area contributed by atoms with Crippen LogP contribution in [0.2, 0.25) is 0 Å². The first-order chi connectivity index (χ1) is 20.4. The summed E-state index contributed by atoms with van der Waals surface area (Å²) in [5, 5.41) is 4.77. The standard InChI is InChI=1S/C37H32N4O/c1-22(2)27-12-8-13-28(23(3)4)36(27)41-21-32(40-37(41)30-20-38-19-26-9-5-6-11-29(26)30)31-18-17-25-16-15-24-10-7-14-33(42)34(24)35(25)39-31/h5-23,39H,1-4H3. The predicted octanol–water partition coefficient (Wildman–Crippen LogP) is 9.00. The van der Waals surface area contributed by atoms with E-state index in [1.165, 1.54) is 11.1 Å². The van der Waals surface area contributed by atoms with Crippen molar-refractivity contribution in [1.29, 1.82) is 0 Å². The Morgan fingerprint density at radius 1 is 0.714 bits per heavy atom. The molecule has 7 rings (SSSR count). The second-order valence-electron chi connectivity index (χ2n) is 11.6.